The molecule has 1 unspecified atom stereocenters. The van der Waals surface area contributed by atoms with Gasteiger partial charge in [0.1, 0.15) is 10.9 Å². The summed E-state index contributed by atoms with van der Waals surface area (Å²) in [5.74, 6) is -0.688. The minimum Gasteiger partial charge on any atom is -0.301 e. The average molecular weight is 552 g/mol. The number of ketones is 1. The van der Waals surface area contributed by atoms with Crippen LogP contribution in [0.25, 0.3) is 11.3 Å². The molecule has 0 saturated carbocycles. The lowest BCUT2D eigenvalue weighted by atomic mass is 10.1. The molecule has 1 aliphatic heterocycles. The molecule has 3 aromatic carbocycles. The highest BCUT2D eigenvalue weighted by Crippen LogP contribution is 2.34. The zero-order valence-corrected chi connectivity index (χ0v) is 21.9. The normalized spacial score (nSPS) is 16.0. The van der Waals surface area contributed by atoms with Crippen molar-refractivity contribution in [3.05, 3.63) is 100 Å². The zero-order valence-electron chi connectivity index (χ0n) is 19.5. The summed E-state index contributed by atoms with van der Waals surface area (Å²) < 4.78 is 27.7. The smallest absolute Gasteiger partial charge is 0.244 e. The minimum absolute atomic E-state index is 0.0768. The lowest BCUT2D eigenvalue weighted by Gasteiger charge is -2.23. The van der Waals surface area contributed by atoms with Crippen LogP contribution in [0.4, 0.5) is 5.13 Å². The van der Waals surface area contributed by atoms with E-state index in [1.807, 2.05) is 36.4 Å². The third-order valence-electron chi connectivity index (χ3n) is 6.07. The Morgan fingerprint density at radius 2 is 1.59 bits per heavy atom. The molecule has 1 aromatic heterocycles. The molecule has 0 radical (unpaired) electrons. The van der Waals surface area contributed by atoms with Gasteiger partial charge >= 0.3 is 0 Å². The fourth-order valence-electron chi connectivity index (χ4n) is 4.26. The first-order valence-electron chi connectivity index (χ1n) is 11.6. The molecular formula is C27H22ClN3O4S2. The van der Waals surface area contributed by atoms with Gasteiger partial charge in [-0.15, -0.1) is 0 Å². The maximum atomic E-state index is 13.3. The molecule has 5 rings (SSSR count). The molecule has 0 bridgehead atoms. The summed E-state index contributed by atoms with van der Waals surface area (Å²) in [6.45, 7) is 0.230. The van der Waals surface area contributed by atoms with Gasteiger partial charge in [-0.25, -0.2) is 13.4 Å². The van der Waals surface area contributed by atoms with Crippen LogP contribution in [0.1, 0.15) is 28.1 Å². The van der Waals surface area contributed by atoms with Crippen molar-refractivity contribution >= 4 is 49.8 Å². The number of rotatable bonds is 7. The third-order valence-corrected chi connectivity index (χ3v) is 9.22. The van der Waals surface area contributed by atoms with Crippen molar-refractivity contribution in [2.24, 2.45) is 0 Å². The van der Waals surface area contributed by atoms with Crippen molar-refractivity contribution in [1.82, 2.24) is 9.29 Å². The molecule has 2 heterocycles. The number of aromatic nitrogens is 1. The average Bonchev–Trinajstić information content (AvgIpc) is 3.58. The van der Waals surface area contributed by atoms with Gasteiger partial charge in [0.15, 0.2) is 5.13 Å². The number of amides is 1. The fraction of sp³-hybridized carbons (Fsp3) is 0.148. The number of sulfonamides is 1. The SMILES string of the molecule is O=C(c1ccccc1)c1sc(NC(=O)C2CCCN2S(=O)(=O)c2ccc(Cl)cc2)nc1-c1ccccc1. The molecule has 1 N–H and O–H groups in total. The Morgan fingerprint density at radius 3 is 2.27 bits per heavy atom. The van der Waals surface area contributed by atoms with Crippen LogP contribution in [-0.4, -0.2) is 42.0 Å². The van der Waals surface area contributed by atoms with E-state index in [-0.39, 0.29) is 22.4 Å². The molecule has 10 heteroatoms. The zero-order chi connectivity index (χ0) is 26.0. The number of nitrogens with zero attached hydrogens (tertiary/aromatic N) is 2. The van der Waals surface area contributed by atoms with Crippen molar-refractivity contribution in [3.63, 3.8) is 0 Å². The summed E-state index contributed by atoms with van der Waals surface area (Å²) in [7, 11) is -3.89. The van der Waals surface area contributed by atoms with E-state index in [1.54, 1.807) is 24.3 Å². The number of hydrogen-bond acceptors (Lipinski definition) is 6. The van der Waals surface area contributed by atoms with E-state index in [0.29, 0.717) is 34.0 Å². The van der Waals surface area contributed by atoms with Crippen LogP contribution in [0.2, 0.25) is 5.02 Å². The molecule has 1 fully saturated rings. The van der Waals surface area contributed by atoms with Gasteiger partial charge in [-0.05, 0) is 37.1 Å². The van der Waals surface area contributed by atoms with Crippen LogP contribution in [0.3, 0.4) is 0 Å². The highest BCUT2D eigenvalue weighted by molar-refractivity contribution is 7.89. The largest absolute Gasteiger partial charge is 0.301 e. The number of carbonyl (C=O) groups excluding carboxylic acids is 2. The van der Waals surface area contributed by atoms with Gasteiger partial charge in [0.2, 0.25) is 21.7 Å². The maximum absolute atomic E-state index is 13.3. The van der Waals surface area contributed by atoms with E-state index in [0.717, 1.165) is 16.9 Å². The van der Waals surface area contributed by atoms with Crippen LogP contribution < -0.4 is 5.32 Å². The molecule has 37 heavy (non-hydrogen) atoms. The summed E-state index contributed by atoms with van der Waals surface area (Å²) in [6.07, 6.45) is 0.932. The Labute approximate surface area is 223 Å². The van der Waals surface area contributed by atoms with Gasteiger partial charge < -0.3 is 5.32 Å². The maximum Gasteiger partial charge on any atom is 0.244 e. The number of thiazole rings is 1. The summed E-state index contributed by atoms with van der Waals surface area (Å²) in [6, 6.07) is 23.1. The predicted octanol–water partition coefficient (Wildman–Crippen LogP) is 5.49. The van der Waals surface area contributed by atoms with Gasteiger partial charge in [-0.1, -0.05) is 83.6 Å². The molecule has 1 aliphatic rings. The van der Waals surface area contributed by atoms with Crippen molar-refractivity contribution in [3.8, 4) is 11.3 Å². The number of benzene rings is 3. The van der Waals surface area contributed by atoms with E-state index in [9.17, 15) is 18.0 Å². The molecule has 4 aromatic rings. The number of anilines is 1. The standard InChI is InChI=1S/C27H22ClN3O4S2/c28-20-13-15-21(16-14-20)37(34,35)31-17-7-12-22(31)26(33)30-27-29-23(18-8-3-1-4-9-18)25(36-27)24(32)19-10-5-2-6-11-19/h1-6,8-11,13-16,22H,7,12,17H2,(H,29,30,33). The van der Waals surface area contributed by atoms with Crippen molar-refractivity contribution < 1.29 is 18.0 Å². The van der Waals surface area contributed by atoms with Crippen molar-refractivity contribution in [2.75, 3.05) is 11.9 Å². The van der Waals surface area contributed by atoms with Crippen molar-refractivity contribution in [1.29, 1.82) is 0 Å². The fourth-order valence-corrected chi connectivity index (χ4v) is 7.00. The van der Waals surface area contributed by atoms with E-state index in [2.05, 4.69) is 10.3 Å². The van der Waals surface area contributed by atoms with Gasteiger partial charge in [0.25, 0.3) is 0 Å². The second kappa shape index (κ2) is 10.5. The molecule has 1 atom stereocenters. The quantitative estimate of drug-likeness (QED) is 0.306. The number of hydrogen-bond donors (Lipinski definition) is 1. The van der Waals surface area contributed by atoms with Crippen LogP contribution >= 0.6 is 22.9 Å². The molecule has 188 valence electrons. The van der Waals surface area contributed by atoms with E-state index >= 15 is 0 Å². The number of nitrogens with one attached hydrogen (secondary N) is 1. The van der Waals surface area contributed by atoms with Crippen LogP contribution in [0.5, 0.6) is 0 Å². The first kappa shape index (κ1) is 25.3. The number of carbonyl (C=O) groups is 2. The molecular weight excluding hydrogens is 530 g/mol. The Hall–Kier alpha value is -3.37. The first-order chi connectivity index (χ1) is 17.8. The Morgan fingerprint density at radius 1 is 0.946 bits per heavy atom. The Kier molecular flexibility index (Phi) is 7.21. The van der Waals surface area contributed by atoms with Gasteiger partial charge in [0, 0.05) is 22.7 Å². The lowest BCUT2D eigenvalue weighted by molar-refractivity contribution is -0.119. The Balaban J connectivity index is 1.44. The van der Waals surface area contributed by atoms with E-state index in [1.165, 1.54) is 28.6 Å². The topological polar surface area (TPSA) is 96.4 Å². The van der Waals surface area contributed by atoms with E-state index < -0.39 is 22.0 Å². The van der Waals surface area contributed by atoms with E-state index in [4.69, 9.17) is 11.6 Å². The first-order valence-corrected chi connectivity index (χ1v) is 14.2. The minimum atomic E-state index is -3.89. The van der Waals surface area contributed by atoms with Crippen molar-refractivity contribution in [2.45, 2.75) is 23.8 Å². The summed E-state index contributed by atoms with van der Waals surface area (Å²) in [4.78, 5) is 31.7. The molecule has 7 nitrogen and oxygen atoms in total. The lowest BCUT2D eigenvalue weighted by Crippen LogP contribution is -2.43. The number of halogens is 1. The predicted molar refractivity (Wildman–Crippen MR) is 144 cm³/mol. The third kappa shape index (κ3) is 5.21. The highest BCUT2D eigenvalue weighted by atomic mass is 35.5. The Bertz CT molecular complexity index is 1540. The van der Waals surface area contributed by atoms with Crippen LogP contribution in [0, 0.1) is 0 Å². The highest BCUT2D eigenvalue weighted by Gasteiger charge is 2.40. The molecule has 0 aliphatic carbocycles. The monoisotopic (exact) mass is 551 g/mol. The van der Waals surface area contributed by atoms with Crippen LogP contribution in [0.15, 0.2) is 89.8 Å². The summed E-state index contributed by atoms with van der Waals surface area (Å²) >= 11 is 6.98. The molecule has 1 amide bonds. The second-order valence-corrected chi connectivity index (χ2v) is 11.8. The van der Waals surface area contributed by atoms with Gasteiger partial charge in [-0.3, -0.25) is 9.59 Å². The van der Waals surface area contributed by atoms with Gasteiger partial charge in [-0.2, -0.15) is 4.31 Å². The summed E-state index contributed by atoms with van der Waals surface area (Å²) in [5.41, 5.74) is 1.72. The molecule has 1 saturated heterocycles. The van der Waals surface area contributed by atoms with Crippen LogP contribution in [-0.2, 0) is 14.8 Å². The molecule has 0 spiro atoms. The van der Waals surface area contributed by atoms with Gasteiger partial charge in [0.05, 0.1) is 10.6 Å². The summed E-state index contributed by atoms with van der Waals surface area (Å²) in [5, 5.41) is 3.43. The second-order valence-electron chi connectivity index (χ2n) is 8.47.